The normalized spacial score (nSPS) is 20.3. The highest BCUT2D eigenvalue weighted by Gasteiger charge is 2.50. The molecule has 0 aromatic heterocycles. The van der Waals surface area contributed by atoms with Gasteiger partial charge in [0.1, 0.15) is 48.1 Å². The molecule has 0 aliphatic carbocycles. The molecule has 14 nitrogen and oxygen atoms in total. The zero-order chi connectivity index (χ0) is 58.1. The number of amides is 4. The van der Waals surface area contributed by atoms with Crippen LogP contribution in [-0.2, 0) is 61.5 Å². The second kappa shape index (κ2) is 27.2. The van der Waals surface area contributed by atoms with Gasteiger partial charge in [0.15, 0.2) is 0 Å². The van der Waals surface area contributed by atoms with Gasteiger partial charge in [-0.25, -0.2) is 25.6 Å². The first-order chi connectivity index (χ1) is 37.9. The van der Waals surface area contributed by atoms with Gasteiger partial charge in [-0.1, -0.05) is 146 Å². The third-order valence-corrected chi connectivity index (χ3v) is 15.5. The van der Waals surface area contributed by atoms with E-state index in [1.54, 1.807) is 121 Å². The van der Waals surface area contributed by atoms with Crippen molar-refractivity contribution >= 4 is 90.1 Å². The van der Waals surface area contributed by atoms with Crippen LogP contribution in [0.2, 0.25) is 20.1 Å². The first kappa shape index (κ1) is 61.7. The number of carbonyl (C=O) groups excluding carboxylic acids is 4. The van der Waals surface area contributed by atoms with Crippen molar-refractivity contribution in [3.8, 4) is 0 Å². The molecule has 22 heteroatoms. The topological polar surface area (TPSA) is 186 Å². The highest BCUT2D eigenvalue weighted by atomic mass is 35.5. The average Bonchev–Trinajstić information content (AvgIpc) is 3.48. The van der Waals surface area contributed by atoms with Crippen molar-refractivity contribution in [1.29, 1.82) is 0 Å². The Kier molecular flexibility index (Phi) is 21.0. The number of morpholine rings is 2. The minimum atomic E-state index is -3.90. The van der Waals surface area contributed by atoms with E-state index in [4.69, 9.17) is 55.9 Å². The second-order valence-corrected chi connectivity index (χ2v) is 24.7. The van der Waals surface area contributed by atoms with E-state index in [-0.39, 0.29) is 25.7 Å². The summed E-state index contributed by atoms with van der Waals surface area (Å²) in [7, 11) is -7.81. The van der Waals surface area contributed by atoms with E-state index >= 15 is 0 Å². The number of nitrogens with zero attached hydrogens (tertiary/aromatic N) is 2. The molecule has 6 aromatic rings. The Bertz CT molecular complexity index is 3130. The van der Waals surface area contributed by atoms with Crippen molar-refractivity contribution in [3.63, 3.8) is 0 Å². The highest BCUT2D eigenvalue weighted by molar-refractivity contribution is 7.89. The fraction of sp³-hybridized carbons (Fsp3) is 0.310. The van der Waals surface area contributed by atoms with E-state index in [1.807, 2.05) is 13.8 Å². The van der Waals surface area contributed by atoms with Gasteiger partial charge in [-0.3, -0.25) is 28.6 Å². The number of carbonyl (C=O) groups is 4. The van der Waals surface area contributed by atoms with Crippen molar-refractivity contribution in [2.75, 3.05) is 12.5 Å². The Hall–Kier alpha value is -5.96. The van der Waals surface area contributed by atoms with Crippen molar-refractivity contribution in [3.05, 3.63) is 211 Å². The van der Waals surface area contributed by atoms with Crippen LogP contribution in [0, 0.1) is 11.6 Å². The number of hydrogen-bond acceptors (Lipinski definition) is 10. The summed E-state index contributed by atoms with van der Waals surface area (Å²) >= 11 is 24.6. The molecule has 2 aliphatic rings. The maximum atomic E-state index is 14.2. The first-order valence-corrected chi connectivity index (χ1v) is 30.7. The van der Waals surface area contributed by atoms with E-state index in [1.165, 1.54) is 34.1 Å². The standard InChI is InChI=1S/2C29H29Cl2FN2O5S/c2*1-3-4-24(28(35)33-40(2,37)38)34-26(19-7-11-21(30)12-8-19)27(20-9-13-22(31)14-10-20)39-25(29(34)36)17-18-5-15-23(32)16-6-18/h2*5-16,24-27H,3-4,17H2,1-2H3,(H,33,35)/t2*24-,25+,26-,27+/m10/s1. The van der Waals surface area contributed by atoms with Gasteiger partial charge in [0.2, 0.25) is 20.0 Å². The van der Waals surface area contributed by atoms with E-state index < -0.39 is 104 Å². The second-order valence-electron chi connectivity index (χ2n) is 19.4. The number of halogens is 6. The van der Waals surface area contributed by atoms with Gasteiger partial charge in [-0.15, -0.1) is 0 Å². The Morgan fingerprint density at radius 1 is 0.487 bits per heavy atom. The van der Waals surface area contributed by atoms with Gasteiger partial charge >= 0.3 is 0 Å². The molecule has 2 saturated heterocycles. The predicted octanol–water partition coefficient (Wildman–Crippen LogP) is 11.3. The summed E-state index contributed by atoms with van der Waals surface area (Å²) < 4.78 is 92.4. The smallest absolute Gasteiger partial charge is 0.256 e. The minimum Gasteiger partial charge on any atom is -0.358 e. The lowest BCUT2D eigenvalue weighted by molar-refractivity contribution is -0.181. The zero-order valence-electron chi connectivity index (χ0n) is 43.8. The quantitative estimate of drug-likeness (QED) is 0.0839. The summed E-state index contributed by atoms with van der Waals surface area (Å²) in [5.41, 5.74) is 4.01. The lowest BCUT2D eigenvalue weighted by Crippen LogP contribution is -2.59. The highest BCUT2D eigenvalue weighted by Crippen LogP contribution is 2.46. The summed E-state index contributed by atoms with van der Waals surface area (Å²) in [5.74, 6) is -3.43. The van der Waals surface area contributed by atoms with Gasteiger partial charge in [-0.2, -0.15) is 0 Å². The monoisotopic (exact) mass is 1210 g/mol. The largest absolute Gasteiger partial charge is 0.358 e. The van der Waals surface area contributed by atoms with Gasteiger partial charge < -0.3 is 19.3 Å². The van der Waals surface area contributed by atoms with E-state index in [0.717, 1.165) is 12.5 Å². The van der Waals surface area contributed by atoms with Crippen LogP contribution in [0.4, 0.5) is 8.78 Å². The van der Waals surface area contributed by atoms with Crippen LogP contribution in [0.3, 0.4) is 0 Å². The number of sulfonamides is 2. The summed E-state index contributed by atoms with van der Waals surface area (Å²) in [6.07, 6.45) is -0.207. The third-order valence-electron chi connectivity index (χ3n) is 13.3. The maximum absolute atomic E-state index is 14.2. The van der Waals surface area contributed by atoms with Gasteiger partial charge in [0.25, 0.3) is 23.6 Å². The molecule has 2 aliphatic heterocycles. The van der Waals surface area contributed by atoms with Crippen LogP contribution >= 0.6 is 46.4 Å². The number of ether oxygens (including phenoxy) is 2. The molecule has 0 radical (unpaired) electrons. The van der Waals surface area contributed by atoms with Crippen LogP contribution < -0.4 is 9.44 Å². The average molecular weight is 1220 g/mol. The summed E-state index contributed by atoms with van der Waals surface area (Å²) in [4.78, 5) is 58.1. The number of benzene rings is 6. The molecule has 8 atom stereocenters. The van der Waals surface area contributed by atoms with Gasteiger partial charge in [0, 0.05) is 32.9 Å². The molecule has 8 rings (SSSR count). The molecule has 2 fully saturated rings. The summed E-state index contributed by atoms with van der Waals surface area (Å²) in [6.45, 7) is 3.69. The molecule has 424 valence electrons. The molecular formula is C58H58Cl4F2N4O10S2. The minimum absolute atomic E-state index is 0.111. The van der Waals surface area contributed by atoms with Gasteiger partial charge in [0.05, 0.1) is 24.6 Å². The maximum Gasteiger partial charge on any atom is 0.256 e. The molecule has 80 heavy (non-hydrogen) atoms. The molecule has 0 unspecified atom stereocenters. The summed E-state index contributed by atoms with van der Waals surface area (Å²) in [5, 5.41) is 1.98. The van der Waals surface area contributed by atoms with Crippen molar-refractivity contribution in [1.82, 2.24) is 19.2 Å². The van der Waals surface area contributed by atoms with Crippen molar-refractivity contribution < 1.29 is 54.3 Å². The van der Waals surface area contributed by atoms with E-state index in [9.17, 15) is 44.8 Å². The van der Waals surface area contributed by atoms with Crippen LogP contribution in [0.15, 0.2) is 146 Å². The number of rotatable bonds is 18. The third kappa shape index (κ3) is 16.1. The Morgan fingerprint density at radius 3 is 1.02 bits per heavy atom. The molecular weight excluding hydrogens is 1160 g/mol. The number of nitrogens with one attached hydrogen (secondary N) is 2. The predicted molar refractivity (Wildman–Crippen MR) is 304 cm³/mol. The Balaban J connectivity index is 0.000000231. The molecule has 4 amide bonds. The SMILES string of the molecule is CCC[C@@H](C(=O)NS(C)(=O)=O)N1C(=O)[C@@H](Cc2ccc(F)cc2)O[C@H](c2ccc(Cl)cc2)[C@@H]1c1ccc(Cl)cc1.CCC[C@H](C(=O)NS(C)(=O)=O)N1C(=O)[C@H](Cc2ccc(F)cc2)O[C@@H](c2ccc(Cl)cc2)[C@H]1c1ccc(Cl)cc1. The lowest BCUT2D eigenvalue weighted by Gasteiger charge is -2.47. The first-order valence-electron chi connectivity index (χ1n) is 25.4. The molecule has 0 spiro atoms. The van der Waals surface area contributed by atoms with Crippen LogP contribution in [0.5, 0.6) is 0 Å². The molecule has 0 bridgehead atoms. The van der Waals surface area contributed by atoms with Gasteiger partial charge in [-0.05, 0) is 119 Å². The van der Waals surface area contributed by atoms with E-state index in [0.29, 0.717) is 66.3 Å². The summed E-state index contributed by atoms with van der Waals surface area (Å²) in [6, 6.07) is 35.2. The molecule has 6 aromatic carbocycles. The van der Waals surface area contributed by atoms with Crippen molar-refractivity contribution in [2.45, 2.75) is 101 Å². The Morgan fingerprint density at radius 2 is 0.762 bits per heavy atom. The van der Waals surface area contributed by atoms with Crippen LogP contribution in [-0.4, -0.2) is 87.1 Å². The van der Waals surface area contributed by atoms with Crippen LogP contribution in [0.1, 0.15) is 97.2 Å². The fourth-order valence-corrected chi connectivity index (χ4v) is 11.3. The fourth-order valence-electron chi connectivity index (χ4n) is 9.81. The lowest BCUT2D eigenvalue weighted by atomic mass is 9.88. The zero-order valence-corrected chi connectivity index (χ0v) is 48.4. The van der Waals surface area contributed by atoms with Crippen LogP contribution in [0.25, 0.3) is 0 Å². The van der Waals surface area contributed by atoms with Crippen molar-refractivity contribution in [2.24, 2.45) is 0 Å². The number of hydrogen-bond donors (Lipinski definition) is 2. The van der Waals surface area contributed by atoms with E-state index in [2.05, 4.69) is 9.44 Å². The molecule has 2 heterocycles. The molecule has 0 saturated carbocycles. The molecule has 2 N–H and O–H groups in total. The Labute approximate surface area is 484 Å².